The molecule has 0 unspecified atom stereocenters. The second kappa shape index (κ2) is 16.7. The molecule has 0 saturated heterocycles. The largest absolute Gasteiger partial charge is 0.310 e. The van der Waals surface area contributed by atoms with Crippen molar-refractivity contribution in [2.75, 3.05) is 4.90 Å². The van der Waals surface area contributed by atoms with Crippen LogP contribution in [0.15, 0.2) is 279 Å². The fourth-order valence-corrected chi connectivity index (χ4v) is 11.3. The van der Waals surface area contributed by atoms with E-state index in [9.17, 15) is 0 Å². The summed E-state index contributed by atoms with van der Waals surface area (Å²) in [6, 6.07) is 102. The molecular weight excluding hydrogens is 833 g/mol. The van der Waals surface area contributed by atoms with Crippen LogP contribution in [0.2, 0.25) is 0 Å². The molecule has 13 rings (SSSR count). The van der Waals surface area contributed by atoms with Crippen LogP contribution in [0.4, 0.5) is 17.1 Å². The molecule has 1 heterocycles. The number of anilines is 3. The molecule has 0 bridgehead atoms. The van der Waals surface area contributed by atoms with Crippen LogP contribution >= 0.6 is 0 Å². The molecule has 12 aromatic rings. The summed E-state index contributed by atoms with van der Waals surface area (Å²) >= 11 is 0. The first-order valence-electron chi connectivity index (χ1n) is 23.8. The number of hydrogen-bond acceptors (Lipinski definition) is 1. The molecule has 0 fully saturated rings. The maximum atomic E-state index is 2.48. The average Bonchev–Trinajstić information content (AvgIpc) is 3.93. The molecule has 0 N–H and O–H groups in total. The fraction of sp³-hybridized carbons (Fsp3) is 0.0149. The Balaban J connectivity index is 1.04. The van der Waals surface area contributed by atoms with Crippen molar-refractivity contribution >= 4 is 38.9 Å². The lowest BCUT2D eigenvalue weighted by Gasteiger charge is -2.35. The van der Waals surface area contributed by atoms with Gasteiger partial charge in [-0.2, -0.15) is 0 Å². The third-order valence-electron chi connectivity index (χ3n) is 14.3. The molecule has 0 saturated carbocycles. The van der Waals surface area contributed by atoms with Crippen LogP contribution in [0, 0.1) is 0 Å². The highest BCUT2D eigenvalue weighted by Crippen LogP contribution is 2.59. The molecule has 0 radical (unpaired) electrons. The summed E-state index contributed by atoms with van der Waals surface area (Å²) < 4.78 is 2.40. The van der Waals surface area contributed by atoms with Crippen molar-refractivity contribution in [1.82, 2.24) is 4.57 Å². The van der Waals surface area contributed by atoms with Gasteiger partial charge in [-0.3, -0.25) is 0 Å². The Labute approximate surface area is 403 Å². The minimum atomic E-state index is -0.621. The minimum Gasteiger partial charge on any atom is -0.310 e. The van der Waals surface area contributed by atoms with Crippen LogP contribution in [0.1, 0.15) is 22.3 Å². The van der Waals surface area contributed by atoms with E-state index in [0.29, 0.717) is 0 Å². The van der Waals surface area contributed by atoms with Crippen molar-refractivity contribution in [3.63, 3.8) is 0 Å². The van der Waals surface area contributed by atoms with Gasteiger partial charge in [-0.15, -0.1) is 0 Å². The molecule has 0 aliphatic heterocycles. The molecule has 1 aromatic heterocycles. The molecule has 0 amide bonds. The molecule has 0 spiro atoms. The lowest BCUT2D eigenvalue weighted by Crippen LogP contribution is -2.28. The van der Waals surface area contributed by atoms with Gasteiger partial charge >= 0.3 is 0 Å². The van der Waals surface area contributed by atoms with Gasteiger partial charge in [0.15, 0.2) is 0 Å². The van der Waals surface area contributed by atoms with Gasteiger partial charge in [0.25, 0.3) is 0 Å². The Morgan fingerprint density at radius 3 is 1.42 bits per heavy atom. The molecule has 1 aliphatic rings. The van der Waals surface area contributed by atoms with Gasteiger partial charge in [0, 0.05) is 33.4 Å². The highest BCUT2D eigenvalue weighted by Gasteiger charge is 2.47. The Morgan fingerprint density at radius 2 is 0.783 bits per heavy atom. The number of benzene rings is 11. The van der Waals surface area contributed by atoms with E-state index in [4.69, 9.17) is 0 Å². The number of fused-ring (bicyclic) bond motifs is 6. The first kappa shape index (κ1) is 40.3. The lowest BCUT2D eigenvalue weighted by atomic mass is 9.67. The van der Waals surface area contributed by atoms with Crippen molar-refractivity contribution in [2.45, 2.75) is 5.41 Å². The summed E-state index contributed by atoms with van der Waals surface area (Å²) in [5, 5.41) is 2.53. The maximum absolute atomic E-state index is 2.48. The number of rotatable bonds is 9. The molecule has 11 aromatic carbocycles. The lowest BCUT2D eigenvalue weighted by molar-refractivity contribution is 0.768. The van der Waals surface area contributed by atoms with E-state index in [0.717, 1.165) is 28.3 Å². The zero-order chi connectivity index (χ0) is 45.7. The van der Waals surface area contributed by atoms with Gasteiger partial charge in [-0.1, -0.05) is 224 Å². The summed E-state index contributed by atoms with van der Waals surface area (Å²) in [6.07, 6.45) is 0. The summed E-state index contributed by atoms with van der Waals surface area (Å²) in [5.74, 6) is 0. The quantitative estimate of drug-likeness (QED) is 0.140. The van der Waals surface area contributed by atoms with Crippen molar-refractivity contribution in [2.24, 2.45) is 0 Å². The van der Waals surface area contributed by atoms with Gasteiger partial charge in [-0.05, 0) is 116 Å². The van der Waals surface area contributed by atoms with Gasteiger partial charge < -0.3 is 9.47 Å². The number of nitrogens with zero attached hydrogens (tertiary/aromatic N) is 2. The number of aromatic nitrogens is 1. The van der Waals surface area contributed by atoms with Crippen molar-refractivity contribution in [1.29, 1.82) is 0 Å². The van der Waals surface area contributed by atoms with Gasteiger partial charge in [0.2, 0.25) is 0 Å². The summed E-state index contributed by atoms with van der Waals surface area (Å²) in [5.41, 5.74) is 20.8. The predicted molar refractivity (Wildman–Crippen MR) is 289 cm³/mol. The highest BCUT2D eigenvalue weighted by molar-refractivity contribution is 6.09. The zero-order valence-corrected chi connectivity index (χ0v) is 38.0. The highest BCUT2D eigenvalue weighted by atomic mass is 15.1. The predicted octanol–water partition coefficient (Wildman–Crippen LogP) is 17.6. The van der Waals surface area contributed by atoms with Gasteiger partial charge in [-0.25, -0.2) is 0 Å². The van der Waals surface area contributed by atoms with E-state index in [1.165, 1.54) is 83.0 Å². The SMILES string of the molecule is c1ccc(-c2ccc(N(c3ccc4c(c3)C(c3ccccc3)(c3ccccc3)c3cccc(-c5ccc(-n6c7ccccc7c7ccccc76)cc5)c3-4)c3ccccc3-c3ccccc3)cc2)cc1. The smallest absolute Gasteiger partial charge is 0.0714 e. The molecule has 0 atom stereocenters. The monoisotopic (exact) mass is 878 g/mol. The van der Waals surface area contributed by atoms with E-state index in [1.54, 1.807) is 0 Å². The van der Waals surface area contributed by atoms with Crippen LogP contribution in [0.25, 0.3) is 72.0 Å². The van der Waals surface area contributed by atoms with Crippen molar-refractivity contribution in [3.05, 3.63) is 301 Å². The summed E-state index contributed by atoms with van der Waals surface area (Å²) in [7, 11) is 0. The average molecular weight is 879 g/mol. The Morgan fingerprint density at radius 1 is 0.304 bits per heavy atom. The number of hydrogen-bond donors (Lipinski definition) is 0. The Kier molecular flexibility index (Phi) is 9.77. The van der Waals surface area contributed by atoms with Crippen LogP contribution in [0.5, 0.6) is 0 Å². The molecule has 2 nitrogen and oxygen atoms in total. The van der Waals surface area contributed by atoms with Crippen LogP contribution in [0.3, 0.4) is 0 Å². The maximum Gasteiger partial charge on any atom is 0.0714 e. The molecule has 69 heavy (non-hydrogen) atoms. The van der Waals surface area contributed by atoms with Crippen LogP contribution in [-0.2, 0) is 5.41 Å². The fourth-order valence-electron chi connectivity index (χ4n) is 11.3. The standard InChI is InChI=1S/C67H46N2/c1-5-20-47(21-6-1)48-36-40-53(41-37-48)68(63-33-16-13-28-56(63)49-22-7-2-8-23-49)55-44-45-60-62(46-55)67(51-24-9-3-10-25-51,52-26-11-4-12-27-52)61-32-19-31-57(66(60)61)50-38-42-54(43-39-50)69-64-34-17-14-29-58(64)59-30-15-18-35-65(59)69/h1-46H. The van der Waals surface area contributed by atoms with Crippen LogP contribution in [-0.4, -0.2) is 4.57 Å². The second-order valence-corrected chi connectivity index (χ2v) is 18.0. The normalized spacial score (nSPS) is 12.5. The molecule has 1 aliphatic carbocycles. The minimum absolute atomic E-state index is 0.621. The van der Waals surface area contributed by atoms with E-state index in [2.05, 4.69) is 289 Å². The third kappa shape index (κ3) is 6.56. The first-order valence-corrected chi connectivity index (χ1v) is 23.8. The number of para-hydroxylation sites is 3. The summed E-state index contributed by atoms with van der Waals surface area (Å²) in [6.45, 7) is 0. The Hall–Kier alpha value is -8.98. The van der Waals surface area contributed by atoms with E-state index >= 15 is 0 Å². The van der Waals surface area contributed by atoms with Crippen molar-refractivity contribution in [3.8, 4) is 50.2 Å². The molecule has 324 valence electrons. The Bertz CT molecular complexity index is 3710. The van der Waals surface area contributed by atoms with Gasteiger partial charge in [0.05, 0.1) is 22.1 Å². The van der Waals surface area contributed by atoms with E-state index in [-0.39, 0.29) is 0 Å². The first-order chi connectivity index (χ1) is 34.3. The van der Waals surface area contributed by atoms with Crippen LogP contribution < -0.4 is 4.90 Å². The van der Waals surface area contributed by atoms with Crippen molar-refractivity contribution < 1.29 is 0 Å². The van der Waals surface area contributed by atoms with Gasteiger partial charge in [0.1, 0.15) is 0 Å². The third-order valence-corrected chi connectivity index (χ3v) is 14.3. The second-order valence-electron chi connectivity index (χ2n) is 18.0. The molecular formula is C67H46N2. The molecule has 2 heteroatoms. The topological polar surface area (TPSA) is 8.17 Å². The van der Waals surface area contributed by atoms with E-state index in [1.807, 2.05) is 0 Å². The zero-order valence-electron chi connectivity index (χ0n) is 38.0. The summed E-state index contributed by atoms with van der Waals surface area (Å²) in [4.78, 5) is 2.45. The van der Waals surface area contributed by atoms with E-state index < -0.39 is 5.41 Å².